The van der Waals surface area contributed by atoms with Crippen LogP contribution in [0.25, 0.3) is 10.2 Å². The summed E-state index contributed by atoms with van der Waals surface area (Å²) in [6.45, 7) is 9.37. The molecule has 0 unspecified atom stereocenters. The van der Waals surface area contributed by atoms with Gasteiger partial charge in [0.1, 0.15) is 4.83 Å². The van der Waals surface area contributed by atoms with Gasteiger partial charge in [0.25, 0.3) is 11.5 Å². The summed E-state index contributed by atoms with van der Waals surface area (Å²) in [5.74, 6) is 0.934. The highest BCUT2D eigenvalue weighted by atomic mass is 32.1. The number of carbonyl (C=O) groups is 1. The van der Waals surface area contributed by atoms with E-state index < -0.39 is 0 Å². The molecule has 8 heteroatoms. The number of unbranched alkanes of at least 4 members (excludes halogenated alkanes) is 2. The molecule has 1 N–H and O–H groups in total. The molecule has 0 radical (unpaired) electrons. The fraction of sp³-hybridized carbons (Fsp3) is 0.435. The van der Waals surface area contributed by atoms with E-state index >= 15 is 0 Å². The van der Waals surface area contributed by atoms with Gasteiger partial charge in [0, 0.05) is 18.3 Å². The molecule has 1 aromatic carbocycles. The summed E-state index contributed by atoms with van der Waals surface area (Å²) in [4.78, 5) is 31.4. The quantitative estimate of drug-likeness (QED) is 0.446. The van der Waals surface area contributed by atoms with E-state index in [1.807, 2.05) is 13.8 Å². The Morgan fingerprint density at radius 1 is 1.13 bits per heavy atom. The average molecular weight is 444 g/mol. The third-order valence-electron chi connectivity index (χ3n) is 4.93. The van der Waals surface area contributed by atoms with Crippen molar-refractivity contribution in [3.05, 3.63) is 45.3 Å². The van der Waals surface area contributed by atoms with E-state index in [1.165, 1.54) is 11.3 Å². The molecule has 0 saturated carbocycles. The Bertz CT molecular complexity index is 1120. The van der Waals surface area contributed by atoms with Gasteiger partial charge in [-0.1, -0.05) is 19.8 Å². The largest absolute Gasteiger partial charge is 0.490 e. The second-order valence-corrected chi connectivity index (χ2v) is 8.17. The predicted molar refractivity (Wildman–Crippen MR) is 125 cm³/mol. The van der Waals surface area contributed by atoms with Crippen molar-refractivity contribution >= 4 is 33.1 Å². The van der Waals surface area contributed by atoms with Gasteiger partial charge < -0.3 is 14.8 Å². The van der Waals surface area contributed by atoms with Crippen LogP contribution in [-0.4, -0.2) is 28.7 Å². The number of thiophene rings is 1. The lowest BCUT2D eigenvalue weighted by atomic mass is 10.2. The minimum absolute atomic E-state index is 0.0893. The summed E-state index contributed by atoms with van der Waals surface area (Å²) in [6, 6.07) is 5.29. The van der Waals surface area contributed by atoms with Crippen LogP contribution in [0.5, 0.6) is 11.5 Å². The lowest BCUT2D eigenvalue weighted by Crippen LogP contribution is -2.20. The molecular weight excluding hydrogens is 414 g/mol. The summed E-state index contributed by atoms with van der Waals surface area (Å²) in [5, 5.41) is 3.43. The number of carbonyl (C=O) groups excluding carboxylic acids is 1. The number of amides is 1. The van der Waals surface area contributed by atoms with Crippen molar-refractivity contribution in [2.45, 2.75) is 53.5 Å². The highest BCUT2D eigenvalue weighted by Gasteiger charge is 2.20. The van der Waals surface area contributed by atoms with E-state index in [9.17, 15) is 9.59 Å². The number of nitrogens with zero attached hydrogens (tertiary/aromatic N) is 2. The van der Waals surface area contributed by atoms with Gasteiger partial charge in [0.05, 0.1) is 29.8 Å². The Labute approximate surface area is 186 Å². The average Bonchev–Trinajstić information content (AvgIpc) is 3.09. The van der Waals surface area contributed by atoms with Crippen LogP contribution in [0.4, 0.5) is 5.69 Å². The van der Waals surface area contributed by atoms with Crippen LogP contribution in [0, 0.1) is 6.92 Å². The van der Waals surface area contributed by atoms with Crippen LogP contribution < -0.4 is 20.3 Å². The molecule has 3 rings (SSSR count). The Morgan fingerprint density at radius 3 is 2.58 bits per heavy atom. The molecule has 0 aliphatic heterocycles. The summed E-state index contributed by atoms with van der Waals surface area (Å²) in [6.07, 6.45) is 4.66. The topological polar surface area (TPSA) is 82.5 Å². The maximum atomic E-state index is 13.0. The zero-order valence-electron chi connectivity index (χ0n) is 18.5. The molecular formula is C23H29N3O4S. The van der Waals surface area contributed by atoms with Crippen molar-refractivity contribution in [3.8, 4) is 11.5 Å². The summed E-state index contributed by atoms with van der Waals surface area (Å²) in [7, 11) is 0. The molecule has 0 atom stereocenters. The van der Waals surface area contributed by atoms with E-state index in [-0.39, 0.29) is 11.5 Å². The van der Waals surface area contributed by atoms with Gasteiger partial charge in [-0.2, -0.15) is 0 Å². The molecule has 0 aliphatic rings. The standard InChI is InChI=1S/C23H29N3O4S/c1-5-8-9-12-26-14-24-22-19(23(26)28)15(4)20(31-22)21(27)25-16-10-11-17(29-6-2)18(13-16)30-7-3/h10-11,13-14H,5-9,12H2,1-4H3,(H,25,27). The van der Waals surface area contributed by atoms with Crippen LogP contribution in [0.2, 0.25) is 0 Å². The third kappa shape index (κ3) is 5.07. The Morgan fingerprint density at radius 2 is 1.87 bits per heavy atom. The van der Waals surface area contributed by atoms with Crippen molar-refractivity contribution in [3.63, 3.8) is 0 Å². The Hall–Kier alpha value is -2.87. The number of hydrogen-bond donors (Lipinski definition) is 1. The second-order valence-electron chi connectivity index (χ2n) is 7.17. The molecule has 0 aliphatic carbocycles. The van der Waals surface area contributed by atoms with E-state index in [0.29, 0.717) is 57.6 Å². The predicted octanol–water partition coefficient (Wildman–Crippen LogP) is 5.01. The Kier molecular flexibility index (Phi) is 7.68. The second kappa shape index (κ2) is 10.4. The highest BCUT2D eigenvalue weighted by molar-refractivity contribution is 7.20. The first-order valence-corrected chi connectivity index (χ1v) is 11.5. The molecule has 31 heavy (non-hydrogen) atoms. The molecule has 2 aromatic heterocycles. The zero-order valence-corrected chi connectivity index (χ0v) is 19.3. The first-order valence-electron chi connectivity index (χ1n) is 10.7. The molecule has 3 aromatic rings. The summed E-state index contributed by atoms with van der Waals surface area (Å²) >= 11 is 1.24. The number of nitrogens with one attached hydrogen (secondary N) is 1. The van der Waals surface area contributed by atoms with Gasteiger partial charge >= 0.3 is 0 Å². The van der Waals surface area contributed by atoms with Gasteiger partial charge in [-0.05, 0) is 44.9 Å². The van der Waals surface area contributed by atoms with Crippen molar-refractivity contribution in [1.82, 2.24) is 9.55 Å². The van der Waals surface area contributed by atoms with E-state index in [4.69, 9.17) is 9.47 Å². The number of hydrogen-bond acceptors (Lipinski definition) is 6. The van der Waals surface area contributed by atoms with Crippen LogP contribution in [0.1, 0.15) is 55.3 Å². The van der Waals surface area contributed by atoms with Gasteiger partial charge in [0.2, 0.25) is 0 Å². The monoisotopic (exact) mass is 443 g/mol. The van der Waals surface area contributed by atoms with Gasteiger partial charge in [-0.3, -0.25) is 14.2 Å². The van der Waals surface area contributed by atoms with Gasteiger partial charge in [0.15, 0.2) is 11.5 Å². The van der Waals surface area contributed by atoms with Crippen molar-refractivity contribution in [1.29, 1.82) is 0 Å². The number of benzene rings is 1. The molecule has 0 bridgehead atoms. The first kappa shape index (κ1) is 22.8. The van der Waals surface area contributed by atoms with Crippen molar-refractivity contribution < 1.29 is 14.3 Å². The lowest BCUT2D eigenvalue weighted by molar-refractivity contribution is 0.103. The molecule has 7 nitrogen and oxygen atoms in total. The fourth-order valence-electron chi connectivity index (χ4n) is 3.38. The van der Waals surface area contributed by atoms with Gasteiger partial charge in [-0.25, -0.2) is 4.98 Å². The minimum atomic E-state index is -0.274. The SMILES string of the molecule is CCCCCn1cnc2sc(C(=O)Nc3ccc(OCC)c(OCC)c3)c(C)c2c1=O. The van der Waals surface area contributed by atoms with Crippen LogP contribution >= 0.6 is 11.3 Å². The molecule has 0 fully saturated rings. The molecule has 1 amide bonds. The number of anilines is 1. The highest BCUT2D eigenvalue weighted by Crippen LogP contribution is 2.32. The van der Waals surface area contributed by atoms with Crippen LogP contribution in [0.3, 0.4) is 0 Å². The fourth-order valence-corrected chi connectivity index (χ4v) is 4.42. The number of ether oxygens (including phenoxy) is 2. The van der Waals surface area contributed by atoms with Gasteiger partial charge in [-0.15, -0.1) is 11.3 Å². The normalized spacial score (nSPS) is 11.0. The maximum Gasteiger partial charge on any atom is 0.266 e. The smallest absolute Gasteiger partial charge is 0.266 e. The van der Waals surface area contributed by atoms with E-state index in [1.54, 1.807) is 36.0 Å². The summed E-state index contributed by atoms with van der Waals surface area (Å²) < 4.78 is 12.8. The molecule has 166 valence electrons. The van der Waals surface area contributed by atoms with E-state index in [0.717, 1.165) is 19.3 Å². The number of rotatable bonds is 10. The molecule has 0 spiro atoms. The zero-order chi connectivity index (χ0) is 22.4. The Balaban J connectivity index is 1.87. The number of fused-ring (bicyclic) bond motifs is 1. The first-order chi connectivity index (χ1) is 15.0. The number of aryl methyl sites for hydroxylation is 2. The van der Waals surface area contributed by atoms with Crippen molar-refractivity contribution in [2.24, 2.45) is 0 Å². The molecule has 2 heterocycles. The van der Waals surface area contributed by atoms with E-state index in [2.05, 4.69) is 17.2 Å². The van der Waals surface area contributed by atoms with Crippen LogP contribution in [0.15, 0.2) is 29.3 Å². The summed E-state index contributed by atoms with van der Waals surface area (Å²) in [5.41, 5.74) is 1.17. The van der Waals surface area contributed by atoms with Crippen molar-refractivity contribution in [2.75, 3.05) is 18.5 Å². The lowest BCUT2D eigenvalue weighted by Gasteiger charge is -2.13. The minimum Gasteiger partial charge on any atom is -0.490 e. The maximum absolute atomic E-state index is 13.0. The van der Waals surface area contributed by atoms with Crippen LogP contribution in [-0.2, 0) is 6.54 Å². The number of aromatic nitrogens is 2. The molecule has 0 saturated heterocycles. The third-order valence-corrected chi connectivity index (χ3v) is 6.13.